The lowest BCUT2D eigenvalue weighted by molar-refractivity contribution is -0.104. The number of hydrogen-bond acceptors (Lipinski definition) is 3. The normalized spacial score (nSPS) is 11.2. The molecule has 0 atom stereocenters. The summed E-state index contributed by atoms with van der Waals surface area (Å²) in [6.07, 6.45) is 2.13. The smallest absolute Gasteiger partial charge is 0.165 e. The van der Waals surface area contributed by atoms with Gasteiger partial charge >= 0.3 is 0 Å². The standard InChI is InChI=1S/C9H10N2O/c10-8(6-12)5-7-3-1-2-4-9(7)11/h1-6H,10-11H2/b8-5-. The third kappa shape index (κ3) is 1.85. The topological polar surface area (TPSA) is 69.1 Å². The van der Waals surface area contributed by atoms with E-state index in [0.29, 0.717) is 12.0 Å². The summed E-state index contributed by atoms with van der Waals surface area (Å²) in [7, 11) is 0. The van der Waals surface area contributed by atoms with Crippen LogP contribution in [0, 0.1) is 0 Å². The van der Waals surface area contributed by atoms with Gasteiger partial charge in [0.2, 0.25) is 0 Å². The van der Waals surface area contributed by atoms with Gasteiger partial charge in [-0.1, -0.05) is 18.2 Å². The molecule has 0 saturated heterocycles. The molecule has 0 aliphatic heterocycles. The summed E-state index contributed by atoms with van der Waals surface area (Å²) in [5.41, 5.74) is 12.5. The van der Waals surface area contributed by atoms with Gasteiger partial charge in [-0.15, -0.1) is 0 Å². The minimum atomic E-state index is 0.174. The summed E-state index contributed by atoms with van der Waals surface area (Å²) in [5.74, 6) is 0. The molecule has 0 aliphatic rings. The molecule has 0 unspecified atom stereocenters. The Labute approximate surface area is 70.7 Å². The van der Waals surface area contributed by atoms with Crippen molar-refractivity contribution in [3.8, 4) is 0 Å². The van der Waals surface area contributed by atoms with E-state index in [1.54, 1.807) is 18.2 Å². The maximum atomic E-state index is 10.2. The van der Waals surface area contributed by atoms with Crippen LogP contribution >= 0.6 is 0 Å². The molecule has 0 amide bonds. The predicted octanol–water partition coefficient (Wildman–Crippen LogP) is 0.767. The molecule has 0 aromatic heterocycles. The van der Waals surface area contributed by atoms with Crippen molar-refractivity contribution in [2.45, 2.75) is 0 Å². The Morgan fingerprint density at radius 3 is 2.58 bits per heavy atom. The van der Waals surface area contributed by atoms with Crippen molar-refractivity contribution in [2.24, 2.45) is 5.73 Å². The van der Waals surface area contributed by atoms with Crippen molar-refractivity contribution in [2.75, 3.05) is 5.73 Å². The van der Waals surface area contributed by atoms with Crippen molar-refractivity contribution in [3.05, 3.63) is 35.5 Å². The molecule has 0 heterocycles. The fourth-order valence-corrected chi connectivity index (χ4v) is 0.856. The summed E-state index contributed by atoms with van der Waals surface area (Å²) in [5, 5.41) is 0. The van der Waals surface area contributed by atoms with E-state index in [0.717, 1.165) is 5.56 Å². The number of carbonyl (C=O) groups is 1. The summed E-state index contributed by atoms with van der Waals surface area (Å²) < 4.78 is 0. The molecule has 12 heavy (non-hydrogen) atoms. The van der Waals surface area contributed by atoms with Crippen molar-refractivity contribution in [1.82, 2.24) is 0 Å². The molecule has 0 radical (unpaired) electrons. The van der Waals surface area contributed by atoms with E-state index in [1.165, 1.54) is 0 Å². The van der Waals surface area contributed by atoms with Crippen LogP contribution in [-0.2, 0) is 4.79 Å². The summed E-state index contributed by atoms with van der Waals surface area (Å²) in [4.78, 5) is 10.2. The van der Waals surface area contributed by atoms with Gasteiger partial charge in [0, 0.05) is 5.69 Å². The van der Waals surface area contributed by atoms with Gasteiger partial charge < -0.3 is 11.5 Å². The number of nitrogens with two attached hydrogens (primary N) is 2. The van der Waals surface area contributed by atoms with Gasteiger partial charge in [0.1, 0.15) is 0 Å². The Balaban J connectivity index is 3.04. The van der Waals surface area contributed by atoms with E-state index in [-0.39, 0.29) is 5.70 Å². The zero-order chi connectivity index (χ0) is 8.97. The fourth-order valence-electron chi connectivity index (χ4n) is 0.856. The number of carbonyl (C=O) groups excluding carboxylic acids is 1. The summed E-state index contributed by atoms with van der Waals surface area (Å²) in [6, 6.07) is 7.21. The Morgan fingerprint density at radius 2 is 2.00 bits per heavy atom. The van der Waals surface area contributed by atoms with Crippen molar-refractivity contribution < 1.29 is 4.79 Å². The van der Waals surface area contributed by atoms with Crippen LogP contribution in [-0.4, -0.2) is 6.29 Å². The van der Waals surface area contributed by atoms with Crippen LogP contribution in [0.3, 0.4) is 0 Å². The number of nitrogen functional groups attached to an aromatic ring is 1. The zero-order valence-electron chi connectivity index (χ0n) is 6.53. The minimum absolute atomic E-state index is 0.174. The average Bonchev–Trinajstić information content (AvgIpc) is 2.09. The van der Waals surface area contributed by atoms with E-state index in [1.807, 2.05) is 12.1 Å². The first-order valence-corrected chi connectivity index (χ1v) is 3.51. The first-order valence-electron chi connectivity index (χ1n) is 3.51. The number of allylic oxidation sites excluding steroid dienone is 1. The van der Waals surface area contributed by atoms with E-state index in [9.17, 15) is 4.79 Å². The van der Waals surface area contributed by atoms with Crippen LogP contribution < -0.4 is 11.5 Å². The largest absolute Gasteiger partial charge is 0.398 e. The van der Waals surface area contributed by atoms with Crippen LogP contribution in [0.1, 0.15) is 5.56 Å². The maximum absolute atomic E-state index is 10.2. The zero-order valence-corrected chi connectivity index (χ0v) is 6.53. The Kier molecular flexibility index (Phi) is 2.48. The highest BCUT2D eigenvalue weighted by Gasteiger charge is 1.93. The number of anilines is 1. The lowest BCUT2D eigenvalue weighted by atomic mass is 10.1. The lowest BCUT2D eigenvalue weighted by Gasteiger charge is -1.98. The van der Waals surface area contributed by atoms with Gasteiger partial charge in [0.15, 0.2) is 6.29 Å². The SMILES string of the molecule is N/C(C=O)=C\c1ccccc1N. The van der Waals surface area contributed by atoms with Crippen LogP contribution in [0.4, 0.5) is 5.69 Å². The highest BCUT2D eigenvalue weighted by Crippen LogP contribution is 2.12. The van der Waals surface area contributed by atoms with Crippen molar-refractivity contribution in [1.29, 1.82) is 0 Å². The van der Waals surface area contributed by atoms with E-state index in [2.05, 4.69) is 0 Å². The lowest BCUT2D eigenvalue weighted by Crippen LogP contribution is -1.98. The molecule has 62 valence electrons. The molecule has 4 N–H and O–H groups in total. The highest BCUT2D eigenvalue weighted by molar-refractivity contribution is 5.82. The number of rotatable bonds is 2. The molecule has 3 heteroatoms. The fraction of sp³-hybridized carbons (Fsp3) is 0. The molecule has 0 bridgehead atoms. The minimum Gasteiger partial charge on any atom is -0.398 e. The molecule has 0 fully saturated rings. The second kappa shape index (κ2) is 3.57. The number of benzene rings is 1. The average molecular weight is 162 g/mol. The van der Waals surface area contributed by atoms with Crippen LogP contribution in [0.15, 0.2) is 30.0 Å². The quantitative estimate of drug-likeness (QED) is 0.383. The maximum Gasteiger partial charge on any atom is 0.165 e. The molecule has 1 rings (SSSR count). The monoisotopic (exact) mass is 162 g/mol. The van der Waals surface area contributed by atoms with E-state index < -0.39 is 0 Å². The van der Waals surface area contributed by atoms with Crippen molar-refractivity contribution in [3.63, 3.8) is 0 Å². The number of para-hydroxylation sites is 1. The van der Waals surface area contributed by atoms with Gasteiger partial charge in [-0.2, -0.15) is 0 Å². The van der Waals surface area contributed by atoms with E-state index in [4.69, 9.17) is 11.5 Å². The van der Waals surface area contributed by atoms with Gasteiger partial charge in [-0.05, 0) is 17.7 Å². The molecule has 0 spiro atoms. The second-order valence-corrected chi connectivity index (χ2v) is 2.39. The van der Waals surface area contributed by atoms with Crippen molar-refractivity contribution >= 4 is 18.0 Å². The number of aldehydes is 1. The summed E-state index contributed by atoms with van der Waals surface area (Å²) >= 11 is 0. The molecule has 3 nitrogen and oxygen atoms in total. The second-order valence-electron chi connectivity index (χ2n) is 2.39. The van der Waals surface area contributed by atoms with Gasteiger partial charge in [-0.3, -0.25) is 4.79 Å². The van der Waals surface area contributed by atoms with Gasteiger partial charge in [0.05, 0.1) is 5.70 Å². The van der Waals surface area contributed by atoms with Crippen LogP contribution in [0.5, 0.6) is 0 Å². The molecule has 0 aliphatic carbocycles. The molecular weight excluding hydrogens is 152 g/mol. The Hall–Kier alpha value is -1.77. The first-order chi connectivity index (χ1) is 5.74. The van der Waals surface area contributed by atoms with Gasteiger partial charge in [-0.25, -0.2) is 0 Å². The van der Waals surface area contributed by atoms with E-state index >= 15 is 0 Å². The first kappa shape index (κ1) is 8.33. The third-order valence-electron chi connectivity index (χ3n) is 1.45. The van der Waals surface area contributed by atoms with Crippen LogP contribution in [0.2, 0.25) is 0 Å². The Morgan fingerprint density at radius 1 is 1.33 bits per heavy atom. The molecule has 1 aromatic carbocycles. The van der Waals surface area contributed by atoms with Crippen LogP contribution in [0.25, 0.3) is 6.08 Å². The summed E-state index contributed by atoms with van der Waals surface area (Å²) in [6.45, 7) is 0. The third-order valence-corrected chi connectivity index (χ3v) is 1.45. The molecule has 0 saturated carbocycles. The van der Waals surface area contributed by atoms with Gasteiger partial charge in [0.25, 0.3) is 0 Å². The Bertz CT molecular complexity index is 318. The number of hydrogen-bond donors (Lipinski definition) is 2. The molecule has 1 aromatic rings. The molecular formula is C9H10N2O. The highest BCUT2D eigenvalue weighted by atomic mass is 16.1. The predicted molar refractivity (Wildman–Crippen MR) is 49.1 cm³/mol.